The molecule has 2 heterocycles. The van der Waals surface area contributed by atoms with Crippen molar-refractivity contribution in [2.75, 3.05) is 5.32 Å². The van der Waals surface area contributed by atoms with E-state index >= 15 is 0 Å². The van der Waals surface area contributed by atoms with E-state index in [1.807, 2.05) is 51.1 Å². The van der Waals surface area contributed by atoms with Crippen LogP contribution in [0.3, 0.4) is 0 Å². The first kappa shape index (κ1) is 22.5. The highest BCUT2D eigenvalue weighted by Crippen LogP contribution is 2.25. The fourth-order valence-electron chi connectivity index (χ4n) is 3.43. The molecule has 0 bridgehead atoms. The lowest BCUT2D eigenvalue weighted by Crippen LogP contribution is -2.20. The van der Waals surface area contributed by atoms with E-state index in [4.69, 9.17) is 4.74 Å². The Kier molecular flexibility index (Phi) is 6.24. The van der Waals surface area contributed by atoms with Crippen LogP contribution in [0, 0.1) is 32.1 Å². The lowest BCUT2D eigenvalue weighted by Gasteiger charge is -2.12. The van der Waals surface area contributed by atoms with Crippen LogP contribution in [0.4, 0.5) is 5.69 Å². The Morgan fingerprint density at radius 3 is 2.53 bits per heavy atom. The van der Waals surface area contributed by atoms with Crippen LogP contribution >= 0.6 is 0 Å². The Morgan fingerprint density at radius 1 is 1.06 bits per heavy atom. The van der Waals surface area contributed by atoms with Gasteiger partial charge in [-0.1, -0.05) is 35.9 Å². The summed E-state index contributed by atoms with van der Waals surface area (Å²) in [5.41, 5.74) is 3.06. The Morgan fingerprint density at radius 2 is 1.82 bits per heavy atom. The van der Waals surface area contributed by atoms with Crippen LogP contribution in [-0.4, -0.2) is 15.3 Å². The number of ether oxygens (including phenoxy) is 1. The summed E-state index contributed by atoms with van der Waals surface area (Å²) in [5, 5.41) is 12.4. The van der Waals surface area contributed by atoms with E-state index in [1.165, 1.54) is 10.5 Å². The maximum Gasteiger partial charge on any atom is 0.269 e. The molecule has 0 saturated heterocycles. The number of hydrogen-bond acceptors (Lipinski definition) is 5. The van der Waals surface area contributed by atoms with Gasteiger partial charge in [-0.2, -0.15) is 10.2 Å². The molecule has 7 nitrogen and oxygen atoms in total. The number of rotatable bonds is 5. The van der Waals surface area contributed by atoms with Gasteiger partial charge < -0.3 is 10.1 Å². The highest BCUT2D eigenvalue weighted by atomic mass is 16.5. The van der Waals surface area contributed by atoms with Gasteiger partial charge in [0.1, 0.15) is 28.6 Å². The molecular formula is C27H22N4O3. The van der Waals surface area contributed by atoms with Crippen LogP contribution in [0.2, 0.25) is 0 Å². The molecule has 1 amide bonds. The molecular weight excluding hydrogens is 428 g/mol. The Hall–Kier alpha value is -4.70. The normalized spacial score (nSPS) is 11.2. The quantitative estimate of drug-likeness (QED) is 0.342. The number of hydrogen-bond donors (Lipinski definition) is 1. The maximum absolute atomic E-state index is 13.4. The maximum atomic E-state index is 13.4. The number of aromatic nitrogens is 2. The zero-order chi connectivity index (χ0) is 24.2. The molecule has 2 aromatic carbocycles. The SMILES string of the molecule is Cc1ccc(Oc2nc3c(C)cccn3c(=O)c2/C=C(/C#N)C(=O)Nc2cccc(C)c2)cc1. The van der Waals surface area contributed by atoms with Crippen LogP contribution < -0.4 is 15.6 Å². The lowest BCUT2D eigenvalue weighted by atomic mass is 10.1. The summed E-state index contributed by atoms with van der Waals surface area (Å²) < 4.78 is 7.33. The van der Waals surface area contributed by atoms with E-state index in [9.17, 15) is 14.9 Å². The predicted octanol–water partition coefficient (Wildman–Crippen LogP) is 4.96. The highest BCUT2D eigenvalue weighted by molar-refractivity contribution is 6.09. The number of carbonyl (C=O) groups is 1. The number of benzene rings is 2. The van der Waals surface area contributed by atoms with Crippen molar-refractivity contribution in [2.45, 2.75) is 20.8 Å². The Balaban J connectivity index is 1.83. The van der Waals surface area contributed by atoms with E-state index in [-0.39, 0.29) is 17.0 Å². The van der Waals surface area contributed by atoms with Crippen molar-refractivity contribution in [3.63, 3.8) is 0 Å². The lowest BCUT2D eigenvalue weighted by molar-refractivity contribution is -0.112. The van der Waals surface area contributed by atoms with Crippen LogP contribution in [-0.2, 0) is 4.79 Å². The standard InChI is InChI=1S/C27H22N4O3/c1-17-9-11-22(12-10-17)34-26-23(27(33)31-13-5-7-19(3)24(31)30-26)15-20(16-28)25(32)29-21-8-4-6-18(2)14-21/h4-15H,1-3H3,(H,29,32)/b20-15-. The smallest absolute Gasteiger partial charge is 0.269 e. The van der Waals surface area contributed by atoms with Gasteiger partial charge in [0, 0.05) is 11.9 Å². The molecule has 7 heteroatoms. The van der Waals surface area contributed by atoms with E-state index in [0.29, 0.717) is 17.1 Å². The summed E-state index contributed by atoms with van der Waals surface area (Å²) in [5.74, 6) is -0.143. The summed E-state index contributed by atoms with van der Waals surface area (Å²) >= 11 is 0. The first-order chi connectivity index (χ1) is 16.4. The number of nitrogens with one attached hydrogen (secondary N) is 1. The second kappa shape index (κ2) is 9.43. The summed E-state index contributed by atoms with van der Waals surface area (Å²) in [4.78, 5) is 30.8. The Labute approximate surface area is 196 Å². The van der Waals surface area contributed by atoms with Crippen LogP contribution in [0.15, 0.2) is 77.2 Å². The predicted molar refractivity (Wildman–Crippen MR) is 131 cm³/mol. The second-order valence-electron chi connectivity index (χ2n) is 7.93. The van der Waals surface area contributed by atoms with Gasteiger partial charge in [-0.25, -0.2) is 0 Å². The number of amides is 1. The third-order valence-electron chi connectivity index (χ3n) is 5.21. The molecule has 4 aromatic rings. The molecule has 0 saturated carbocycles. The van der Waals surface area contributed by atoms with E-state index < -0.39 is 11.5 Å². The minimum atomic E-state index is -0.636. The van der Waals surface area contributed by atoms with Crippen molar-refractivity contribution in [3.05, 3.63) is 105 Å². The van der Waals surface area contributed by atoms with Crippen molar-refractivity contribution in [1.82, 2.24) is 9.38 Å². The monoisotopic (exact) mass is 450 g/mol. The largest absolute Gasteiger partial charge is 0.438 e. The number of carbonyl (C=O) groups excluding carboxylic acids is 1. The number of fused-ring (bicyclic) bond motifs is 1. The summed E-state index contributed by atoms with van der Waals surface area (Å²) in [6.07, 6.45) is 2.81. The molecule has 0 aliphatic carbocycles. The first-order valence-corrected chi connectivity index (χ1v) is 10.6. The molecule has 168 valence electrons. The van der Waals surface area contributed by atoms with Crippen LogP contribution in [0.1, 0.15) is 22.3 Å². The molecule has 2 aromatic heterocycles. The van der Waals surface area contributed by atoms with Gasteiger partial charge in [-0.05, 0) is 68.3 Å². The van der Waals surface area contributed by atoms with Gasteiger partial charge in [0.2, 0.25) is 5.88 Å². The third kappa shape index (κ3) is 4.71. The third-order valence-corrected chi connectivity index (χ3v) is 5.21. The second-order valence-corrected chi connectivity index (χ2v) is 7.93. The number of aryl methyl sites for hydroxylation is 3. The van der Waals surface area contributed by atoms with Crippen molar-refractivity contribution in [1.29, 1.82) is 5.26 Å². The number of nitriles is 1. The van der Waals surface area contributed by atoms with Crippen molar-refractivity contribution >= 4 is 23.3 Å². The van der Waals surface area contributed by atoms with Gasteiger partial charge in [0.05, 0.1) is 0 Å². The van der Waals surface area contributed by atoms with Crippen LogP contribution in [0.25, 0.3) is 11.7 Å². The van der Waals surface area contributed by atoms with Crippen molar-refractivity contribution < 1.29 is 9.53 Å². The van der Waals surface area contributed by atoms with E-state index in [2.05, 4.69) is 10.3 Å². The van der Waals surface area contributed by atoms with Gasteiger partial charge >= 0.3 is 0 Å². The molecule has 4 rings (SSSR count). The number of pyridine rings is 1. The molecule has 0 atom stereocenters. The molecule has 0 aliphatic rings. The molecule has 0 unspecified atom stereocenters. The average Bonchev–Trinajstić information content (AvgIpc) is 2.81. The van der Waals surface area contributed by atoms with Gasteiger partial charge in [0.15, 0.2) is 0 Å². The van der Waals surface area contributed by atoms with E-state index in [0.717, 1.165) is 16.7 Å². The summed E-state index contributed by atoms with van der Waals surface area (Å²) in [6.45, 7) is 5.69. The zero-order valence-corrected chi connectivity index (χ0v) is 19.0. The molecule has 0 aliphatic heterocycles. The number of nitrogens with zero attached hydrogens (tertiary/aromatic N) is 3. The number of anilines is 1. The topological polar surface area (TPSA) is 96.5 Å². The average molecular weight is 450 g/mol. The van der Waals surface area contributed by atoms with Crippen molar-refractivity contribution in [3.8, 4) is 17.7 Å². The van der Waals surface area contributed by atoms with Crippen molar-refractivity contribution in [2.24, 2.45) is 0 Å². The van der Waals surface area contributed by atoms with Gasteiger partial charge in [-0.3, -0.25) is 14.0 Å². The minimum absolute atomic E-state index is 0.000354. The fraction of sp³-hybridized carbons (Fsp3) is 0.111. The van der Waals surface area contributed by atoms with Crippen LogP contribution in [0.5, 0.6) is 11.6 Å². The molecule has 0 fully saturated rings. The molecule has 0 spiro atoms. The summed E-state index contributed by atoms with van der Waals surface area (Å²) in [6, 6.07) is 19.9. The highest BCUT2D eigenvalue weighted by Gasteiger charge is 2.18. The molecule has 0 radical (unpaired) electrons. The van der Waals surface area contributed by atoms with Gasteiger partial charge in [-0.15, -0.1) is 0 Å². The summed E-state index contributed by atoms with van der Waals surface area (Å²) in [7, 11) is 0. The molecule has 34 heavy (non-hydrogen) atoms. The minimum Gasteiger partial charge on any atom is -0.438 e. The fourth-order valence-corrected chi connectivity index (χ4v) is 3.43. The molecule has 1 N–H and O–H groups in total. The first-order valence-electron chi connectivity index (χ1n) is 10.6. The zero-order valence-electron chi connectivity index (χ0n) is 19.0. The van der Waals surface area contributed by atoms with Gasteiger partial charge in [0.25, 0.3) is 11.5 Å². The Bertz CT molecular complexity index is 1530. The van der Waals surface area contributed by atoms with E-state index in [1.54, 1.807) is 42.6 Å².